The predicted octanol–water partition coefficient (Wildman–Crippen LogP) is 2.96. The lowest BCUT2D eigenvalue weighted by Gasteiger charge is -2.25. The largest absolute Gasteiger partial charge is 0.451 e. The lowest BCUT2D eigenvalue weighted by atomic mass is 9.87. The molecule has 0 bridgehead atoms. The summed E-state index contributed by atoms with van der Waals surface area (Å²) >= 11 is 0. The number of hydrogen-bond acceptors (Lipinski definition) is 3. The highest BCUT2D eigenvalue weighted by Gasteiger charge is 2.22. The number of amides is 1. The second kappa shape index (κ2) is 5.67. The molecule has 0 spiro atoms. The summed E-state index contributed by atoms with van der Waals surface area (Å²) in [4.78, 5) is 12.0. The van der Waals surface area contributed by atoms with Gasteiger partial charge in [0.05, 0.1) is 6.10 Å². The number of hydrogen-bond donors (Lipinski definition) is 2. The number of nitrogens with one attached hydrogen (secondary N) is 1. The minimum Gasteiger partial charge on any atom is -0.451 e. The van der Waals surface area contributed by atoms with Gasteiger partial charge in [0.2, 0.25) is 0 Å². The monoisotopic (exact) mass is 275 g/mol. The first-order chi connectivity index (χ1) is 9.38. The van der Waals surface area contributed by atoms with Crippen molar-refractivity contribution >= 4 is 16.9 Å². The summed E-state index contributed by atoms with van der Waals surface area (Å²) in [6.45, 7) is 6.34. The van der Waals surface area contributed by atoms with Gasteiger partial charge >= 0.3 is 0 Å². The van der Waals surface area contributed by atoms with Crippen molar-refractivity contribution in [2.24, 2.45) is 5.41 Å². The van der Waals surface area contributed by atoms with Gasteiger partial charge in [-0.25, -0.2) is 0 Å². The SMILES string of the molecule is CC(C)(C)C(O)CCNC(=O)c1cc2ccccc2o1. The molecule has 0 saturated heterocycles. The van der Waals surface area contributed by atoms with Crippen LogP contribution in [-0.2, 0) is 0 Å². The fourth-order valence-corrected chi connectivity index (χ4v) is 1.94. The number of benzene rings is 1. The van der Waals surface area contributed by atoms with Crippen molar-refractivity contribution in [1.82, 2.24) is 5.32 Å². The van der Waals surface area contributed by atoms with Crippen LogP contribution < -0.4 is 5.32 Å². The van der Waals surface area contributed by atoms with E-state index >= 15 is 0 Å². The normalized spacial score (nSPS) is 13.4. The molecule has 0 aliphatic heterocycles. The fraction of sp³-hybridized carbons (Fsp3) is 0.438. The number of aliphatic hydroxyl groups is 1. The minimum absolute atomic E-state index is 0.176. The number of rotatable bonds is 4. The smallest absolute Gasteiger partial charge is 0.287 e. The van der Waals surface area contributed by atoms with Crippen molar-refractivity contribution in [1.29, 1.82) is 0 Å². The highest BCUT2D eigenvalue weighted by atomic mass is 16.3. The first-order valence-corrected chi connectivity index (χ1v) is 6.83. The van der Waals surface area contributed by atoms with Crippen molar-refractivity contribution in [3.8, 4) is 0 Å². The third-order valence-electron chi connectivity index (χ3n) is 3.35. The number of carbonyl (C=O) groups is 1. The summed E-state index contributed by atoms with van der Waals surface area (Å²) in [5.74, 6) is 0.0544. The van der Waals surface area contributed by atoms with Crippen LogP contribution in [0.15, 0.2) is 34.7 Å². The van der Waals surface area contributed by atoms with E-state index in [1.807, 2.05) is 45.0 Å². The van der Waals surface area contributed by atoms with Gasteiger partial charge in [-0.05, 0) is 24.0 Å². The topological polar surface area (TPSA) is 62.5 Å². The van der Waals surface area contributed by atoms with E-state index in [2.05, 4.69) is 5.32 Å². The van der Waals surface area contributed by atoms with Gasteiger partial charge < -0.3 is 14.8 Å². The molecule has 1 atom stereocenters. The van der Waals surface area contributed by atoms with Gasteiger partial charge in [-0.15, -0.1) is 0 Å². The second-order valence-corrected chi connectivity index (χ2v) is 6.07. The van der Waals surface area contributed by atoms with Gasteiger partial charge in [-0.3, -0.25) is 4.79 Å². The van der Waals surface area contributed by atoms with Crippen LogP contribution in [0, 0.1) is 5.41 Å². The lowest BCUT2D eigenvalue weighted by molar-refractivity contribution is 0.0549. The molecule has 1 heterocycles. The Kier molecular flexibility index (Phi) is 4.14. The maximum absolute atomic E-state index is 12.0. The van der Waals surface area contributed by atoms with Crippen molar-refractivity contribution in [2.75, 3.05) is 6.54 Å². The molecule has 2 rings (SSSR count). The van der Waals surface area contributed by atoms with Crippen LogP contribution in [0.4, 0.5) is 0 Å². The van der Waals surface area contributed by atoms with Crippen LogP contribution >= 0.6 is 0 Å². The highest BCUT2D eigenvalue weighted by molar-refractivity contribution is 5.95. The van der Waals surface area contributed by atoms with Crippen molar-refractivity contribution in [3.05, 3.63) is 36.1 Å². The zero-order valence-corrected chi connectivity index (χ0v) is 12.1. The zero-order valence-electron chi connectivity index (χ0n) is 12.1. The molecule has 2 aromatic rings. The summed E-state index contributed by atoms with van der Waals surface area (Å²) in [6.07, 6.45) is 0.0774. The van der Waals surface area contributed by atoms with Crippen LogP contribution in [0.25, 0.3) is 11.0 Å². The average Bonchev–Trinajstić information content (AvgIpc) is 2.81. The minimum atomic E-state index is -0.446. The van der Waals surface area contributed by atoms with E-state index in [9.17, 15) is 9.90 Å². The molecule has 0 fully saturated rings. The molecule has 4 heteroatoms. The van der Waals surface area contributed by atoms with E-state index in [0.717, 1.165) is 5.39 Å². The fourth-order valence-electron chi connectivity index (χ4n) is 1.94. The number of para-hydroxylation sites is 1. The summed E-state index contributed by atoms with van der Waals surface area (Å²) in [6, 6.07) is 9.23. The van der Waals surface area contributed by atoms with E-state index in [1.54, 1.807) is 6.07 Å². The van der Waals surface area contributed by atoms with Crippen LogP contribution in [-0.4, -0.2) is 23.7 Å². The van der Waals surface area contributed by atoms with Gasteiger partial charge in [0.25, 0.3) is 5.91 Å². The Bertz CT molecular complexity index is 562. The molecule has 0 saturated carbocycles. The van der Waals surface area contributed by atoms with Gasteiger partial charge in [-0.1, -0.05) is 39.0 Å². The first kappa shape index (κ1) is 14.6. The summed E-state index contributed by atoms with van der Waals surface area (Å²) < 4.78 is 5.48. The maximum atomic E-state index is 12.0. The third-order valence-corrected chi connectivity index (χ3v) is 3.35. The molecule has 4 nitrogen and oxygen atoms in total. The molecule has 1 aromatic carbocycles. The Morgan fingerprint density at radius 2 is 2.05 bits per heavy atom. The number of aliphatic hydroxyl groups excluding tert-OH is 1. The van der Waals surface area contributed by atoms with Crippen molar-refractivity contribution < 1.29 is 14.3 Å². The molecule has 1 amide bonds. The summed E-state index contributed by atoms with van der Waals surface area (Å²) in [7, 11) is 0. The Morgan fingerprint density at radius 3 is 2.70 bits per heavy atom. The number of carbonyl (C=O) groups excluding carboxylic acids is 1. The van der Waals surface area contributed by atoms with Crippen LogP contribution in [0.1, 0.15) is 37.7 Å². The van der Waals surface area contributed by atoms with Crippen molar-refractivity contribution in [3.63, 3.8) is 0 Å². The maximum Gasteiger partial charge on any atom is 0.287 e. The van der Waals surface area contributed by atoms with E-state index in [4.69, 9.17) is 4.42 Å². The Morgan fingerprint density at radius 1 is 1.35 bits per heavy atom. The molecule has 108 valence electrons. The molecule has 0 radical (unpaired) electrons. The van der Waals surface area contributed by atoms with Gasteiger partial charge in [-0.2, -0.15) is 0 Å². The molecule has 0 aliphatic rings. The van der Waals surface area contributed by atoms with Crippen molar-refractivity contribution in [2.45, 2.75) is 33.3 Å². The van der Waals surface area contributed by atoms with Gasteiger partial charge in [0.15, 0.2) is 5.76 Å². The van der Waals surface area contributed by atoms with E-state index < -0.39 is 6.10 Å². The van der Waals surface area contributed by atoms with Crippen LogP contribution in [0.3, 0.4) is 0 Å². The Labute approximate surface area is 118 Å². The van der Waals surface area contributed by atoms with Crippen LogP contribution in [0.2, 0.25) is 0 Å². The average molecular weight is 275 g/mol. The second-order valence-electron chi connectivity index (χ2n) is 6.07. The summed E-state index contributed by atoms with van der Waals surface area (Å²) in [5.41, 5.74) is 0.525. The van der Waals surface area contributed by atoms with Crippen LogP contribution in [0.5, 0.6) is 0 Å². The van der Waals surface area contributed by atoms with E-state index in [-0.39, 0.29) is 11.3 Å². The third kappa shape index (κ3) is 3.39. The van der Waals surface area contributed by atoms with Gasteiger partial charge in [0.1, 0.15) is 5.58 Å². The first-order valence-electron chi connectivity index (χ1n) is 6.83. The summed E-state index contributed by atoms with van der Waals surface area (Å²) in [5, 5.41) is 13.6. The zero-order chi connectivity index (χ0) is 14.8. The van der Waals surface area contributed by atoms with Gasteiger partial charge in [0, 0.05) is 11.9 Å². The number of fused-ring (bicyclic) bond motifs is 1. The molecular weight excluding hydrogens is 254 g/mol. The molecule has 2 N–H and O–H groups in total. The molecule has 20 heavy (non-hydrogen) atoms. The molecule has 0 aliphatic carbocycles. The molecule has 1 unspecified atom stereocenters. The lowest BCUT2D eigenvalue weighted by Crippen LogP contribution is -2.32. The Hall–Kier alpha value is -1.81. The highest BCUT2D eigenvalue weighted by Crippen LogP contribution is 2.21. The quantitative estimate of drug-likeness (QED) is 0.901. The molecule has 1 aromatic heterocycles. The predicted molar refractivity (Wildman–Crippen MR) is 78.6 cm³/mol. The van der Waals surface area contributed by atoms with E-state index in [0.29, 0.717) is 24.3 Å². The molecular formula is C16H21NO3. The van der Waals surface area contributed by atoms with E-state index in [1.165, 1.54) is 0 Å². The number of furan rings is 1. The standard InChI is InChI=1S/C16H21NO3/c1-16(2,3)14(18)8-9-17-15(19)13-10-11-6-4-5-7-12(11)20-13/h4-7,10,14,18H,8-9H2,1-3H3,(H,17,19). The Balaban J connectivity index is 1.92.